The first-order valence-electron chi connectivity index (χ1n) is 18.6. The predicted octanol–water partition coefficient (Wildman–Crippen LogP) is 14.6. The fourth-order valence-corrected chi connectivity index (χ4v) is 9.28. The SMILES string of the molecule is c1ccc2c(-n3c4ccccc4c4ccc(-c5c6ccccc6c(-c6cccc7oc8c9ccccc9ccc8c67)c6ccccc56)cc43)cccc2c1. The van der Waals surface area contributed by atoms with Gasteiger partial charge in [0.2, 0.25) is 0 Å². The molecule has 0 fully saturated rings. The lowest BCUT2D eigenvalue weighted by molar-refractivity contribution is 0.673. The molecule has 2 nitrogen and oxygen atoms in total. The Morgan fingerprint density at radius 3 is 1.67 bits per heavy atom. The standard InChI is InChI=1S/C52H31NO/c1-3-16-35-32(13-1)15-11-25-45(35)53-46-24-10-9-18-37(46)38-29-28-34(31-47(38)53)49-39-19-5-7-21-41(39)50(42-22-8-6-20-40(42)49)43-23-12-26-48-51(43)44-30-27-33-14-2-4-17-36(33)52(44)54-48/h1-31H. The van der Waals surface area contributed by atoms with Crippen molar-refractivity contribution in [3.8, 4) is 27.9 Å². The van der Waals surface area contributed by atoms with Crippen LogP contribution < -0.4 is 0 Å². The van der Waals surface area contributed by atoms with Crippen LogP contribution in [0.15, 0.2) is 192 Å². The second-order valence-corrected chi connectivity index (χ2v) is 14.4. The van der Waals surface area contributed by atoms with Crippen molar-refractivity contribution in [2.75, 3.05) is 0 Å². The third kappa shape index (κ3) is 4.05. The summed E-state index contributed by atoms with van der Waals surface area (Å²) >= 11 is 0. The van der Waals surface area contributed by atoms with Gasteiger partial charge in [0.1, 0.15) is 11.2 Å². The van der Waals surface area contributed by atoms with Gasteiger partial charge in [-0.05, 0) is 84.9 Å². The van der Waals surface area contributed by atoms with Gasteiger partial charge in [-0.25, -0.2) is 0 Å². The van der Waals surface area contributed by atoms with Crippen molar-refractivity contribution in [1.29, 1.82) is 0 Å². The van der Waals surface area contributed by atoms with E-state index in [1.807, 2.05) is 0 Å². The molecule has 2 aromatic heterocycles. The molecule has 12 aromatic rings. The van der Waals surface area contributed by atoms with Gasteiger partial charge in [-0.3, -0.25) is 0 Å². The number of benzene rings is 10. The second-order valence-electron chi connectivity index (χ2n) is 14.4. The van der Waals surface area contributed by atoms with E-state index in [9.17, 15) is 0 Å². The van der Waals surface area contributed by atoms with Crippen molar-refractivity contribution >= 4 is 86.8 Å². The van der Waals surface area contributed by atoms with Crippen molar-refractivity contribution in [1.82, 2.24) is 4.57 Å². The smallest absolute Gasteiger partial charge is 0.143 e. The maximum absolute atomic E-state index is 6.68. The number of hydrogen-bond acceptors (Lipinski definition) is 1. The molecule has 0 aliphatic carbocycles. The lowest BCUT2D eigenvalue weighted by Gasteiger charge is -2.18. The van der Waals surface area contributed by atoms with Gasteiger partial charge in [-0.2, -0.15) is 0 Å². The molecule has 54 heavy (non-hydrogen) atoms. The van der Waals surface area contributed by atoms with Gasteiger partial charge < -0.3 is 8.98 Å². The monoisotopic (exact) mass is 685 g/mol. The van der Waals surface area contributed by atoms with Crippen LogP contribution in [0.5, 0.6) is 0 Å². The summed E-state index contributed by atoms with van der Waals surface area (Å²) in [6, 6.07) is 68.5. The minimum absolute atomic E-state index is 0.905. The first-order chi connectivity index (χ1) is 26.8. The summed E-state index contributed by atoms with van der Waals surface area (Å²) in [5, 5.41) is 14.5. The van der Waals surface area contributed by atoms with E-state index < -0.39 is 0 Å². The molecule has 0 amide bonds. The van der Waals surface area contributed by atoms with Crippen LogP contribution >= 0.6 is 0 Å². The first kappa shape index (κ1) is 29.4. The van der Waals surface area contributed by atoms with Crippen LogP contribution in [0.25, 0.3) is 115 Å². The Labute approximate surface area is 310 Å². The fraction of sp³-hybridized carbons (Fsp3) is 0. The molecule has 12 rings (SSSR count). The van der Waals surface area contributed by atoms with Gasteiger partial charge in [-0.15, -0.1) is 0 Å². The summed E-state index contributed by atoms with van der Waals surface area (Å²) in [6.07, 6.45) is 0. The van der Waals surface area contributed by atoms with E-state index in [1.165, 1.54) is 87.5 Å². The summed E-state index contributed by atoms with van der Waals surface area (Å²) in [5.74, 6) is 0. The van der Waals surface area contributed by atoms with Gasteiger partial charge in [-0.1, -0.05) is 158 Å². The van der Waals surface area contributed by atoms with Crippen molar-refractivity contribution < 1.29 is 4.42 Å². The molecule has 0 atom stereocenters. The van der Waals surface area contributed by atoms with E-state index in [2.05, 4.69) is 193 Å². The average molecular weight is 686 g/mol. The van der Waals surface area contributed by atoms with Gasteiger partial charge >= 0.3 is 0 Å². The lowest BCUT2D eigenvalue weighted by atomic mass is 9.84. The highest BCUT2D eigenvalue weighted by molar-refractivity contribution is 6.27. The highest BCUT2D eigenvalue weighted by atomic mass is 16.3. The van der Waals surface area contributed by atoms with Crippen molar-refractivity contribution in [3.63, 3.8) is 0 Å². The number of aromatic nitrogens is 1. The number of nitrogens with zero attached hydrogens (tertiary/aromatic N) is 1. The molecule has 0 bridgehead atoms. The molecular weight excluding hydrogens is 655 g/mol. The molecule has 0 saturated carbocycles. The molecule has 0 aliphatic rings. The largest absolute Gasteiger partial charge is 0.455 e. The molecule has 0 aliphatic heterocycles. The van der Waals surface area contributed by atoms with E-state index in [4.69, 9.17) is 4.42 Å². The Balaban J connectivity index is 1.18. The number of para-hydroxylation sites is 1. The summed E-state index contributed by atoms with van der Waals surface area (Å²) in [4.78, 5) is 0. The topological polar surface area (TPSA) is 18.1 Å². The van der Waals surface area contributed by atoms with Crippen LogP contribution in [0.1, 0.15) is 0 Å². The summed E-state index contributed by atoms with van der Waals surface area (Å²) < 4.78 is 9.14. The van der Waals surface area contributed by atoms with E-state index in [1.54, 1.807) is 0 Å². The summed E-state index contributed by atoms with van der Waals surface area (Å²) in [7, 11) is 0. The molecule has 250 valence electrons. The van der Waals surface area contributed by atoms with Crippen LogP contribution in [0.4, 0.5) is 0 Å². The van der Waals surface area contributed by atoms with Crippen LogP contribution in [0, 0.1) is 0 Å². The fourth-order valence-electron chi connectivity index (χ4n) is 9.28. The van der Waals surface area contributed by atoms with E-state index in [0.717, 1.165) is 27.3 Å². The average Bonchev–Trinajstić information content (AvgIpc) is 3.78. The van der Waals surface area contributed by atoms with Crippen LogP contribution in [-0.4, -0.2) is 4.57 Å². The Morgan fingerprint density at radius 2 is 0.907 bits per heavy atom. The minimum Gasteiger partial charge on any atom is -0.455 e. The first-order valence-corrected chi connectivity index (χ1v) is 18.6. The van der Waals surface area contributed by atoms with Crippen LogP contribution in [0.2, 0.25) is 0 Å². The van der Waals surface area contributed by atoms with E-state index in [-0.39, 0.29) is 0 Å². The van der Waals surface area contributed by atoms with Gasteiger partial charge in [0.05, 0.1) is 16.7 Å². The second kappa shape index (κ2) is 11.2. The normalized spacial score (nSPS) is 12.1. The summed E-state index contributed by atoms with van der Waals surface area (Å²) in [5.41, 5.74) is 10.3. The van der Waals surface area contributed by atoms with Crippen LogP contribution in [-0.2, 0) is 0 Å². The molecule has 0 saturated heterocycles. The molecule has 10 aromatic carbocycles. The van der Waals surface area contributed by atoms with Crippen molar-refractivity contribution in [2.45, 2.75) is 0 Å². The van der Waals surface area contributed by atoms with Gasteiger partial charge in [0.25, 0.3) is 0 Å². The zero-order valence-electron chi connectivity index (χ0n) is 29.3. The third-order valence-electron chi connectivity index (χ3n) is 11.6. The molecule has 2 heterocycles. The van der Waals surface area contributed by atoms with Crippen molar-refractivity contribution in [3.05, 3.63) is 188 Å². The molecule has 0 radical (unpaired) electrons. The Kier molecular flexibility index (Phi) is 6.09. The van der Waals surface area contributed by atoms with E-state index >= 15 is 0 Å². The minimum atomic E-state index is 0.905. The Hall–Kier alpha value is -7.16. The van der Waals surface area contributed by atoms with Gasteiger partial charge in [0.15, 0.2) is 0 Å². The summed E-state index contributed by atoms with van der Waals surface area (Å²) in [6.45, 7) is 0. The number of hydrogen-bond donors (Lipinski definition) is 0. The Morgan fingerprint density at radius 1 is 0.352 bits per heavy atom. The third-order valence-corrected chi connectivity index (χ3v) is 11.6. The zero-order chi connectivity index (χ0) is 35.3. The highest BCUT2D eigenvalue weighted by Crippen LogP contribution is 2.48. The maximum Gasteiger partial charge on any atom is 0.143 e. The molecule has 2 heteroatoms. The Bertz CT molecular complexity index is 3450. The number of furan rings is 1. The van der Waals surface area contributed by atoms with Crippen LogP contribution in [0.3, 0.4) is 0 Å². The number of fused-ring (bicyclic) bond motifs is 11. The maximum atomic E-state index is 6.68. The highest BCUT2D eigenvalue weighted by Gasteiger charge is 2.22. The van der Waals surface area contributed by atoms with Crippen molar-refractivity contribution in [2.24, 2.45) is 0 Å². The van der Waals surface area contributed by atoms with Gasteiger partial charge in [0, 0.05) is 32.3 Å². The van der Waals surface area contributed by atoms with E-state index in [0.29, 0.717) is 0 Å². The predicted molar refractivity (Wildman–Crippen MR) is 229 cm³/mol. The molecule has 0 unspecified atom stereocenters. The quantitative estimate of drug-likeness (QED) is 0.169. The zero-order valence-corrected chi connectivity index (χ0v) is 29.3. The molecular formula is C52H31NO. The molecule has 0 spiro atoms. The number of rotatable bonds is 3. The lowest BCUT2D eigenvalue weighted by Crippen LogP contribution is -1.96. The molecule has 0 N–H and O–H groups in total.